The van der Waals surface area contributed by atoms with E-state index in [-0.39, 0.29) is 4.69 Å². The summed E-state index contributed by atoms with van der Waals surface area (Å²) < 4.78 is 0.157. The highest BCUT2D eigenvalue weighted by Crippen LogP contribution is 2.33. The van der Waals surface area contributed by atoms with Crippen molar-refractivity contribution in [3.63, 3.8) is 0 Å². The van der Waals surface area contributed by atoms with Gasteiger partial charge in [-0.25, -0.2) is 0 Å². The van der Waals surface area contributed by atoms with Crippen molar-refractivity contribution >= 4 is 20.6 Å². The normalized spacial score (nSPS) is 18.6. The Morgan fingerprint density at radius 2 is 2.25 bits per heavy atom. The number of carbonyl (C=O) groups is 1. The maximum atomic E-state index is 10.3. The van der Waals surface area contributed by atoms with Crippen LogP contribution in [0.2, 0.25) is 0 Å². The van der Waals surface area contributed by atoms with Crippen LogP contribution in [-0.4, -0.2) is 4.69 Å². The van der Waals surface area contributed by atoms with Gasteiger partial charge in [0.1, 0.15) is 0 Å². The van der Waals surface area contributed by atoms with Gasteiger partial charge < -0.3 is 0 Å². The lowest BCUT2D eigenvalue weighted by Crippen LogP contribution is -1.84. The van der Waals surface area contributed by atoms with E-state index >= 15 is 0 Å². The molecule has 2 heteroatoms. The second-order valence-corrected chi connectivity index (χ2v) is 3.22. The van der Waals surface area contributed by atoms with Gasteiger partial charge >= 0.3 is 0 Å². The van der Waals surface area contributed by atoms with Crippen LogP contribution in [0, 0.1) is 5.92 Å². The molecule has 0 aliphatic heterocycles. The average molecular weight is 177 g/mol. The van der Waals surface area contributed by atoms with E-state index in [0.717, 1.165) is 18.8 Å². The number of hydrogen-bond donors (Lipinski definition) is 0. The predicted octanol–water partition coefficient (Wildman–Crippen LogP) is 2.10. The zero-order valence-corrected chi connectivity index (χ0v) is 6.28. The highest BCUT2D eigenvalue weighted by molar-refractivity contribution is 9.18. The van der Waals surface area contributed by atoms with E-state index in [0.29, 0.717) is 0 Å². The predicted molar refractivity (Wildman–Crippen MR) is 35.9 cm³/mol. The molecule has 1 aliphatic carbocycles. The summed E-state index contributed by atoms with van der Waals surface area (Å²) in [6, 6.07) is 0. The minimum Gasteiger partial charge on any atom is -0.287 e. The monoisotopic (exact) mass is 176 g/mol. The number of halogens is 1. The molecular formula is C6H9BrO. The van der Waals surface area contributed by atoms with Gasteiger partial charge in [0, 0.05) is 6.42 Å². The summed E-state index contributed by atoms with van der Waals surface area (Å²) in [5.41, 5.74) is 0. The Morgan fingerprint density at radius 3 is 2.62 bits per heavy atom. The molecule has 0 bridgehead atoms. The first kappa shape index (κ1) is 6.27. The van der Waals surface area contributed by atoms with Gasteiger partial charge in [-0.1, -0.05) is 12.8 Å². The van der Waals surface area contributed by atoms with Crippen LogP contribution in [0.1, 0.15) is 25.7 Å². The molecule has 0 amide bonds. The summed E-state index contributed by atoms with van der Waals surface area (Å²) in [6.07, 6.45) is 4.52. The SMILES string of the molecule is O=C(Br)CCC1CC1. The molecular weight excluding hydrogens is 168 g/mol. The Bertz CT molecular complexity index is 96.7. The summed E-state index contributed by atoms with van der Waals surface area (Å²) >= 11 is 2.89. The molecule has 1 nitrogen and oxygen atoms in total. The zero-order chi connectivity index (χ0) is 5.98. The molecule has 0 spiro atoms. The van der Waals surface area contributed by atoms with E-state index in [9.17, 15) is 4.79 Å². The summed E-state index contributed by atoms with van der Waals surface area (Å²) in [7, 11) is 0. The molecule has 0 radical (unpaired) electrons. The van der Waals surface area contributed by atoms with Gasteiger partial charge in [-0.2, -0.15) is 0 Å². The Kier molecular flexibility index (Phi) is 2.06. The molecule has 0 aromatic carbocycles. The third-order valence-electron chi connectivity index (χ3n) is 1.45. The summed E-state index contributed by atoms with van der Waals surface area (Å²) in [6.45, 7) is 0. The van der Waals surface area contributed by atoms with Crippen molar-refractivity contribution in [2.45, 2.75) is 25.7 Å². The molecule has 0 aromatic rings. The highest BCUT2D eigenvalue weighted by Gasteiger charge is 2.20. The van der Waals surface area contributed by atoms with Gasteiger partial charge in [0.15, 0.2) is 4.69 Å². The van der Waals surface area contributed by atoms with E-state index < -0.39 is 0 Å². The lowest BCUT2D eigenvalue weighted by Gasteiger charge is -1.87. The molecule has 0 atom stereocenters. The first-order chi connectivity index (χ1) is 3.79. The Labute approximate surface area is 57.6 Å². The molecule has 0 unspecified atom stereocenters. The number of rotatable bonds is 3. The third kappa shape index (κ3) is 2.46. The molecule has 1 saturated carbocycles. The van der Waals surface area contributed by atoms with E-state index in [1.807, 2.05) is 0 Å². The molecule has 8 heavy (non-hydrogen) atoms. The Balaban J connectivity index is 1.95. The van der Waals surface area contributed by atoms with Crippen molar-refractivity contribution in [1.29, 1.82) is 0 Å². The van der Waals surface area contributed by atoms with E-state index in [2.05, 4.69) is 15.9 Å². The quantitative estimate of drug-likeness (QED) is 0.603. The summed E-state index contributed by atoms with van der Waals surface area (Å²) in [4.78, 5) is 10.3. The zero-order valence-electron chi connectivity index (χ0n) is 4.69. The van der Waals surface area contributed by atoms with Crippen molar-refractivity contribution in [2.24, 2.45) is 5.92 Å². The lowest BCUT2D eigenvalue weighted by atomic mass is 10.2. The van der Waals surface area contributed by atoms with Crippen LogP contribution in [0.25, 0.3) is 0 Å². The smallest absolute Gasteiger partial charge is 0.197 e. The molecule has 1 aliphatic rings. The van der Waals surface area contributed by atoms with Crippen LogP contribution in [0.3, 0.4) is 0 Å². The van der Waals surface area contributed by atoms with Gasteiger partial charge in [0.2, 0.25) is 0 Å². The fourth-order valence-corrected chi connectivity index (χ4v) is 0.953. The lowest BCUT2D eigenvalue weighted by molar-refractivity contribution is -0.110. The standard InChI is InChI=1S/C6H9BrO/c7-6(8)4-3-5-1-2-5/h5H,1-4H2. The van der Waals surface area contributed by atoms with Crippen LogP contribution < -0.4 is 0 Å². The molecule has 46 valence electrons. The van der Waals surface area contributed by atoms with Gasteiger partial charge in [-0.05, 0) is 28.3 Å². The average Bonchev–Trinajstić information content (AvgIpc) is 2.41. The van der Waals surface area contributed by atoms with Crippen LogP contribution >= 0.6 is 15.9 Å². The Morgan fingerprint density at radius 1 is 1.62 bits per heavy atom. The first-order valence-electron chi connectivity index (χ1n) is 2.97. The first-order valence-corrected chi connectivity index (χ1v) is 3.76. The second kappa shape index (κ2) is 2.62. The maximum absolute atomic E-state index is 10.3. The molecule has 1 fully saturated rings. The van der Waals surface area contributed by atoms with Crippen molar-refractivity contribution in [1.82, 2.24) is 0 Å². The van der Waals surface area contributed by atoms with Gasteiger partial charge in [0.05, 0.1) is 0 Å². The van der Waals surface area contributed by atoms with E-state index in [1.165, 1.54) is 12.8 Å². The van der Waals surface area contributed by atoms with E-state index in [1.54, 1.807) is 0 Å². The van der Waals surface area contributed by atoms with Crippen LogP contribution in [0.5, 0.6) is 0 Å². The van der Waals surface area contributed by atoms with Crippen LogP contribution in [0.15, 0.2) is 0 Å². The van der Waals surface area contributed by atoms with Gasteiger partial charge in [0.25, 0.3) is 0 Å². The summed E-state index contributed by atoms with van der Waals surface area (Å²) in [5, 5.41) is 0. The fraction of sp³-hybridized carbons (Fsp3) is 0.833. The topological polar surface area (TPSA) is 17.1 Å². The van der Waals surface area contributed by atoms with Crippen molar-refractivity contribution in [3.8, 4) is 0 Å². The number of carbonyl (C=O) groups excluding carboxylic acids is 1. The second-order valence-electron chi connectivity index (χ2n) is 2.34. The van der Waals surface area contributed by atoms with Crippen molar-refractivity contribution in [3.05, 3.63) is 0 Å². The third-order valence-corrected chi connectivity index (χ3v) is 1.84. The van der Waals surface area contributed by atoms with Gasteiger partial charge in [-0.3, -0.25) is 4.79 Å². The minimum atomic E-state index is 0.157. The molecule has 0 heterocycles. The highest BCUT2D eigenvalue weighted by atomic mass is 79.9. The molecule has 1 rings (SSSR count). The molecule has 0 aromatic heterocycles. The van der Waals surface area contributed by atoms with E-state index in [4.69, 9.17) is 0 Å². The fourth-order valence-electron chi connectivity index (χ4n) is 0.724. The number of hydrogen-bond acceptors (Lipinski definition) is 1. The maximum Gasteiger partial charge on any atom is 0.197 e. The minimum absolute atomic E-state index is 0.157. The van der Waals surface area contributed by atoms with Gasteiger partial charge in [-0.15, -0.1) is 0 Å². The molecule has 0 N–H and O–H groups in total. The van der Waals surface area contributed by atoms with Crippen LogP contribution in [0.4, 0.5) is 0 Å². The Hall–Kier alpha value is 0.150. The van der Waals surface area contributed by atoms with Crippen molar-refractivity contribution in [2.75, 3.05) is 0 Å². The van der Waals surface area contributed by atoms with Crippen LogP contribution in [-0.2, 0) is 4.79 Å². The van der Waals surface area contributed by atoms with Crippen molar-refractivity contribution < 1.29 is 4.79 Å². The summed E-state index contributed by atoms with van der Waals surface area (Å²) in [5.74, 6) is 0.886. The largest absolute Gasteiger partial charge is 0.287 e. The molecule has 0 saturated heterocycles.